The number of carbonyl (C=O) groups excluding carboxylic acids is 1. The summed E-state index contributed by atoms with van der Waals surface area (Å²) in [5.74, 6) is 0.811. The molecule has 1 aromatic carbocycles. The first-order chi connectivity index (χ1) is 13.6. The van der Waals surface area contributed by atoms with Crippen LogP contribution in [0.25, 0.3) is 11.3 Å². The number of aromatic nitrogens is 3. The van der Waals surface area contributed by atoms with E-state index in [1.54, 1.807) is 36.7 Å². The second-order valence-electron chi connectivity index (χ2n) is 6.42. The molecule has 2 aromatic heterocycles. The zero-order valence-electron chi connectivity index (χ0n) is 14.9. The van der Waals surface area contributed by atoms with Gasteiger partial charge in [-0.2, -0.15) is 0 Å². The second kappa shape index (κ2) is 8.12. The van der Waals surface area contributed by atoms with E-state index >= 15 is 0 Å². The molecule has 4 rings (SSSR count). The highest BCUT2D eigenvalue weighted by atomic mass is 35.5. The summed E-state index contributed by atoms with van der Waals surface area (Å²) in [6.07, 6.45) is 3.27. The SMILES string of the molecule is O=C(c1ccncc1)N1CCN(c2ccc(-c3ccc(Cl)cc3Cl)nn2)CC1. The Balaban J connectivity index is 1.42. The third kappa shape index (κ3) is 3.93. The molecule has 0 spiro atoms. The van der Waals surface area contributed by atoms with E-state index < -0.39 is 0 Å². The van der Waals surface area contributed by atoms with Crippen LogP contribution in [0, 0.1) is 0 Å². The summed E-state index contributed by atoms with van der Waals surface area (Å²) in [7, 11) is 0. The molecule has 1 aliphatic heterocycles. The van der Waals surface area contributed by atoms with Crippen molar-refractivity contribution in [1.29, 1.82) is 0 Å². The molecule has 0 N–H and O–H groups in total. The van der Waals surface area contributed by atoms with Crippen molar-refractivity contribution in [3.05, 3.63) is 70.5 Å². The molecule has 1 saturated heterocycles. The maximum atomic E-state index is 12.5. The van der Waals surface area contributed by atoms with Gasteiger partial charge in [-0.3, -0.25) is 9.78 Å². The Morgan fingerprint density at radius 2 is 1.64 bits per heavy atom. The van der Waals surface area contributed by atoms with Gasteiger partial charge in [-0.15, -0.1) is 10.2 Å². The first kappa shape index (κ1) is 18.7. The van der Waals surface area contributed by atoms with Gasteiger partial charge >= 0.3 is 0 Å². The molecule has 0 atom stereocenters. The fraction of sp³-hybridized carbons (Fsp3) is 0.200. The van der Waals surface area contributed by atoms with Crippen LogP contribution in [0.5, 0.6) is 0 Å². The van der Waals surface area contributed by atoms with Gasteiger partial charge in [-0.05, 0) is 42.5 Å². The van der Waals surface area contributed by atoms with Crippen molar-refractivity contribution in [1.82, 2.24) is 20.1 Å². The highest BCUT2D eigenvalue weighted by Crippen LogP contribution is 2.29. The standard InChI is InChI=1S/C20H17Cl2N5O/c21-15-1-2-16(17(22)13-15)18-3-4-19(25-24-18)26-9-11-27(12-10-26)20(28)14-5-7-23-8-6-14/h1-8,13H,9-12H2. The molecule has 0 aliphatic carbocycles. The lowest BCUT2D eigenvalue weighted by molar-refractivity contribution is 0.0746. The molecular formula is C20H17Cl2N5O. The van der Waals surface area contributed by atoms with E-state index in [1.807, 2.05) is 23.1 Å². The molecule has 1 fully saturated rings. The number of piperazine rings is 1. The first-order valence-corrected chi connectivity index (χ1v) is 9.61. The predicted octanol–water partition coefficient (Wildman–Crippen LogP) is 3.81. The second-order valence-corrected chi connectivity index (χ2v) is 7.26. The molecule has 0 bridgehead atoms. The number of pyridine rings is 1. The van der Waals surface area contributed by atoms with E-state index in [1.165, 1.54) is 0 Å². The van der Waals surface area contributed by atoms with Crippen molar-refractivity contribution in [3.8, 4) is 11.3 Å². The van der Waals surface area contributed by atoms with Crippen molar-refractivity contribution in [2.24, 2.45) is 0 Å². The van der Waals surface area contributed by atoms with Gasteiger partial charge in [-0.1, -0.05) is 23.2 Å². The summed E-state index contributed by atoms with van der Waals surface area (Å²) in [5, 5.41) is 9.77. The van der Waals surface area contributed by atoms with Crippen LogP contribution in [0.4, 0.5) is 5.82 Å². The first-order valence-electron chi connectivity index (χ1n) is 8.85. The quantitative estimate of drug-likeness (QED) is 0.653. The smallest absolute Gasteiger partial charge is 0.254 e. The number of halogens is 2. The average molecular weight is 414 g/mol. The molecule has 1 aliphatic rings. The molecule has 1 amide bonds. The van der Waals surface area contributed by atoms with Crippen LogP contribution in [0.15, 0.2) is 54.9 Å². The highest BCUT2D eigenvalue weighted by molar-refractivity contribution is 6.36. The zero-order valence-corrected chi connectivity index (χ0v) is 16.4. The Hall–Kier alpha value is -2.70. The highest BCUT2D eigenvalue weighted by Gasteiger charge is 2.23. The zero-order chi connectivity index (χ0) is 19.5. The topological polar surface area (TPSA) is 62.2 Å². The third-order valence-electron chi connectivity index (χ3n) is 4.68. The summed E-state index contributed by atoms with van der Waals surface area (Å²) >= 11 is 12.2. The van der Waals surface area contributed by atoms with Crippen molar-refractivity contribution < 1.29 is 4.79 Å². The van der Waals surface area contributed by atoms with Gasteiger partial charge in [-0.25, -0.2) is 0 Å². The Labute approximate surface area is 172 Å². The fourth-order valence-electron chi connectivity index (χ4n) is 3.15. The summed E-state index contributed by atoms with van der Waals surface area (Å²) < 4.78 is 0. The number of hydrogen-bond donors (Lipinski definition) is 0. The molecule has 3 aromatic rings. The lowest BCUT2D eigenvalue weighted by Gasteiger charge is -2.35. The molecular weight excluding hydrogens is 397 g/mol. The van der Waals surface area contributed by atoms with Crippen LogP contribution in [0.2, 0.25) is 10.0 Å². The Morgan fingerprint density at radius 1 is 0.893 bits per heavy atom. The van der Waals surface area contributed by atoms with Crippen molar-refractivity contribution >= 4 is 34.9 Å². The lowest BCUT2D eigenvalue weighted by Crippen LogP contribution is -2.49. The average Bonchev–Trinajstić information content (AvgIpc) is 2.74. The molecule has 142 valence electrons. The number of amides is 1. The molecule has 8 heteroatoms. The van der Waals surface area contributed by atoms with Gasteiger partial charge in [0.15, 0.2) is 5.82 Å². The van der Waals surface area contributed by atoms with Crippen molar-refractivity contribution in [2.45, 2.75) is 0 Å². The van der Waals surface area contributed by atoms with Gasteiger partial charge in [0.1, 0.15) is 0 Å². The fourth-order valence-corrected chi connectivity index (χ4v) is 3.66. The van der Waals surface area contributed by atoms with Crippen molar-refractivity contribution in [3.63, 3.8) is 0 Å². The maximum absolute atomic E-state index is 12.5. The van der Waals surface area contributed by atoms with Crippen LogP contribution >= 0.6 is 23.2 Å². The van der Waals surface area contributed by atoms with E-state index in [4.69, 9.17) is 23.2 Å². The number of anilines is 1. The van der Waals surface area contributed by atoms with Gasteiger partial charge in [0.05, 0.1) is 10.7 Å². The van der Waals surface area contributed by atoms with Gasteiger partial charge in [0.25, 0.3) is 5.91 Å². The number of rotatable bonds is 3. The summed E-state index contributed by atoms with van der Waals surface area (Å²) in [6.45, 7) is 2.67. The lowest BCUT2D eigenvalue weighted by atomic mass is 10.1. The molecule has 0 radical (unpaired) electrons. The molecule has 0 unspecified atom stereocenters. The normalized spacial score (nSPS) is 14.2. The minimum absolute atomic E-state index is 0.0286. The van der Waals surface area contributed by atoms with E-state index in [2.05, 4.69) is 20.1 Å². The Bertz CT molecular complexity index is 974. The minimum Gasteiger partial charge on any atom is -0.352 e. The largest absolute Gasteiger partial charge is 0.352 e. The van der Waals surface area contributed by atoms with Crippen LogP contribution in [0.1, 0.15) is 10.4 Å². The minimum atomic E-state index is 0.0286. The summed E-state index contributed by atoms with van der Waals surface area (Å²) in [6, 6.07) is 12.6. The molecule has 6 nitrogen and oxygen atoms in total. The number of hydrogen-bond acceptors (Lipinski definition) is 5. The summed E-state index contributed by atoms with van der Waals surface area (Å²) in [4.78, 5) is 20.5. The number of benzene rings is 1. The van der Waals surface area contributed by atoms with Crippen LogP contribution < -0.4 is 4.90 Å². The number of carbonyl (C=O) groups is 1. The van der Waals surface area contributed by atoms with Gasteiger partial charge in [0, 0.05) is 54.7 Å². The van der Waals surface area contributed by atoms with E-state index in [0.29, 0.717) is 47.5 Å². The maximum Gasteiger partial charge on any atom is 0.254 e. The van der Waals surface area contributed by atoms with Crippen LogP contribution in [0.3, 0.4) is 0 Å². The van der Waals surface area contributed by atoms with E-state index in [9.17, 15) is 4.79 Å². The predicted molar refractivity (Wildman–Crippen MR) is 110 cm³/mol. The van der Waals surface area contributed by atoms with Crippen LogP contribution in [-0.4, -0.2) is 52.2 Å². The summed E-state index contributed by atoms with van der Waals surface area (Å²) in [5.41, 5.74) is 2.14. The monoisotopic (exact) mass is 413 g/mol. The molecule has 28 heavy (non-hydrogen) atoms. The third-order valence-corrected chi connectivity index (χ3v) is 5.22. The molecule has 3 heterocycles. The van der Waals surface area contributed by atoms with Gasteiger partial charge < -0.3 is 9.80 Å². The van der Waals surface area contributed by atoms with Gasteiger partial charge in [0.2, 0.25) is 0 Å². The van der Waals surface area contributed by atoms with Crippen LogP contribution in [-0.2, 0) is 0 Å². The molecule has 0 saturated carbocycles. The van der Waals surface area contributed by atoms with E-state index in [-0.39, 0.29) is 5.91 Å². The number of nitrogens with zero attached hydrogens (tertiary/aromatic N) is 5. The van der Waals surface area contributed by atoms with E-state index in [0.717, 1.165) is 11.4 Å². The Morgan fingerprint density at radius 3 is 2.29 bits per heavy atom. The van der Waals surface area contributed by atoms with Crippen molar-refractivity contribution in [2.75, 3.05) is 31.1 Å². The Kier molecular flexibility index (Phi) is 5.41.